The molecule has 0 spiro atoms. The van der Waals surface area contributed by atoms with Crippen LogP contribution in [-0.4, -0.2) is 36.9 Å². The number of nitrogens with one attached hydrogen (secondary N) is 2. The van der Waals surface area contributed by atoms with E-state index in [-0.39, 0.29) is 22.8 Å². The van der Waals surface area contributed by atoms with Crippen molar-refractivity contribution in [2.24, 2.45) is 0 Å². The fraction of sp³-hybridized carbons (Fsp3) is 0.364. The summed E-state index contributed by atoms with van der Waals surface area (Å²) in [6.45, 7) is -0.745. The zero-order valence-electron chi connectivity index (χ0n) is 10.1. The van der Waals surface area contributed by atoms with Crippen LogP contribution >= 0.6 is 0 Å². The van der Waals surface area contributed by atoms with Crippen LogP contribution in [0, 0.1) is 0 Å². The maximum absolute atomic E-state index is 12.1. The molecule has 1 atom stereocenters. The van der Waals surface area contributed by atoms with Crippen LogP contribution in [0.25, 0.3) is 0 Å². The highest BCUT2D eigenvalue weighted by Crippen LogP contribution is 2.23. The highest BCUT2D eigenvalue weighted by atomic mass is 19.4. The summed E-state index contributed by atoms with van der Waals surface area (Å²) < 4.78 is 36.4. The van der Waals surface area contributed by atoms with Gasteiger partial charge >= 0.3 is 6.18 Å². The van der Waals surface area contributed by atoms with E-state index in [1.807, 2.05) is 0 Å². The second-order valence-corrected chi connectivity index (χ2v) is 3.82. The Labute approximate surface area is 107 Å². The van der Waals surface area contributed by atoms with Gasteiger partial charge < -0.3 is 21.5 Å². The highest BCUT2D eigenvalue weighted by Gasteiger charge is 2.37. The molecule has 0 aromatic heterocycles. The van der Waals surface area contributed by atoms with Gasteiger partial charge in [0, 0.05) is 19.2 Å². The quantitative estimate of drug-likeness (QED) is 0.617. The van der Waals surface area contributed by atoms with Crippen molar-refractivity contribution in [3.8, 4) is 0 Å². The molecule has 5 N–H and O–H groups in total. The molecule has 0 aliphatic carbocycles. The van der Waals surface area contributed by atoms with E-state index >= 15 is 0 Å². The largest absolute Gasteiger partial charge is 0.416 e. The summed E-state index contributed by atoms with van der Waals surface area (Å²) in [4.78, 5) is 11.4. The zero-order valence-corrected chi connectivity index (χ0v) is 10.1. The smallest absolute Gasteiger partial charge is 0.397 e. The molecule has 0 saturated heterocycles. The van der Waals surface area contributed by atoms with Crippen molar-refractivity contribution >= 4 is 17.3 Å². The number of rotatable bonds is 4. The first-order valence-corrected chi connectivity index (χ1v) is 5.36. The number of aliphatic hydroxyl groups is 1. The standard InChI is InChI=1S/C11H14F3N3O2/c1-16-10(19)6-2-3-7(15)8(4-6)17-5-9(18)11(12,13)14/h2-4,9,17-18H,5,15H2,1H3,(H,16,19). The Bertz CT molecular complexity index is 463. The number of hydrogen-bond donors (Lipinski definition) is 4. The molecule has 1 aromatic rings. The van der Waals surface area contributed by atoms with Crippen LogP contribution in [0.2, 0.25) is 0 Å². The van der Waals surface area contributed by atoms with Crippen molar-refractivity contribution in [1.82, 2.24) is 5.32 Å². The van der Waals surface area contributed by atoms with Crippen LogP contribution in [-0.2, 0) is 0 Å². The molecule has 1 aromatic carbocycles. The number of nitrogens with two attached hydrogens (primary N) is 1. The van der Waals surface area contributed by atoms with Gasteiger partial charge in [-0.15, -0.1) is 0 Å². The van der Waals surface area contributed by atoms with Gasteiger partial charge in [-0.1, -0.05) is 0 Å². The lowest BCUT2D eigenvalue weighted by Crippen LogP contribution is -2.35. The summed E-state index contributed by atoms with van der Waals surface area (Å²) in [5.74, 6) is -0.389. The fourth-order valence-electron chi connectivity index (χ4n) is 1.32. The van der Waals surface area contributed by atoms with Crippen LogP contribution in [0.4, 0.5) is 24.5 Å². The zero-order chi connectivity index (χ0) is 14.6. The van der Waals surface area contributed by atoms with Crippen molar-refractivity contribution in [3.63, 3.8) is 0 Å². The molecule has 0 radical (unpaired) electrons. The third-order valence-corrected chi connectivity index (χ3v) is 2.41. The van der Waals surface area contributed by atoms with Crippen LogP contribution in [0.5, 0.6) is 0 Å². The van der Waals surface area contributed by atoms with Gasteiger partial charge in [-0.25, -0.2) is 0 Å². The Balaban J connectivity index is 2.81. The van der Waals surface area contributed by atoms with Crippen LogP contribution in [0.15, 0.2) is 18.2 Å². The topological polar surface area (TPSA) is 87.4 Å². The van der Waals surface area contributed by atoms with E-state index in [1.165, 1.54) is 25.2 Å². The summed E-state index contributed by atoms with van der Waals surface area (Å²) in [6.07, 6.45) is -7.21. The summed E-state index contributed by atoms with van der Waals surface area (Å²) in [7, 11) is 1.43. The molecular formula is C11H14F3N3O2. The Kier molecular flexibility index (Phi) is 4.60. The lowest BCUT2D eigenvalue weighted by Gasteiger charge is -2.17. The van der Waals surface area contributed by atoms with E-state index < -0.39 is 18.8 Å². The lowest BCUT2D eigenvalue weighted by molar-refractivity contribution is -0.198. The first-order valence-electron chi connectivity index (χ1n) is 5.36. The summed E-state index contributed by atoms with van der Waals surface area (Å²) in [5, 5.41) is 13.6. The third kappa shape index (κ3) is 4.02. The molecule has 0 bridgehead atoms. The number of halogens is 3. The van der Waals surface area contributed by atoms with E-state index in [9.17, 15) is 18.0 Å². The number of amides is 1. The molecular weight excluding hydrogens is 263 g/mol. The number of aliphatic hydroxyl groups excluding tert-OH is 1. The number of hydrogen-bond acceptors (Lipinski definition) is 4. The molecule has 106 valence electrons. The first kappa shape index (κ1) is 15.1. The molecule has 0 aliphatic heterocycles. The minimum atomic E-state index is -4.71. The Hall–Kier alpha value is -1.96. The van der Waals surface area contributed by atoms with Crippen molar-refractivity contribution in [2.45, 2.75) is 12.3 Å². The molecule has 0 fully saturated rings. The maximum Gasteiger partial charge on any atom is 0.416 e. The number of nitrogen functional groups attached to an aromatic ring is 1. The second-order valence-electron chi connectivity index (χ2n) is 3.82. The second kappa shape index (κ2) is 5.79. The van der Waals surface area contributed by atoms with Crippen LogP contribution in [0.3, 0.4) is 0 Å². The molecule has 1 unspecified atom stereocenters. The Morgan fingerprint density at radius 1 is 1.47 bits per heavy atom. The predicted octanol–water partition coefficient (Wildman–Crippen LogP) is 0.963. The van der Waals surface area contributed by atoms with Crippen molar-refractivity contribution in [1.29, 1.82) is 0 Å². The summed E-state index contributed by atoms with van der Waals surface area (Å²) in [5.41, 5.74) is 6.16. The van der Waals surface area contributed by atoms with Gasteiger partial charge in [0.05, 0.1) is 11.4 Å². The third-order valence-electron chi connectivity index (χ3n) is 2.41. The van der Waals surface area contributed by atoms with Crippen molar-refractivity contribution in [3.05, 3.63) is 23.8 Å². The first-order chi connectivity index (χ1) is 8.75. The molecule has 1 amide bonds. The number of carbonyl (C=O) groups is 1. The molecule has 5 nitrogen and oxygen atoms in total. The molecule has 1 rings (SSSR count). The van der Waals surface area contributed by atoms with Gasteiger partial charge in [-0.3, -0.25) is 4.79 Å². The molecule has 8 heteroatoms. The molecule has 19 heavy (non-hydrogen) atoms. The van der Waals surface area contributed by atoms with E-state index in [0.29, 0.717) is 0 Å². The van der Waals surface area contributed by atoms with Gasteiger partial charge in [0.2, 0.25) is 0 Å². The van der Waals surface area contributed by atoms with E-state index in [2.05, 4.69) is 10.6 Å². The van der Waals surface area contributed by atoms with E-state index in [0.717, 1.165) is 0 Å². The maximum atomic E-state index is 12.1. The Morgan fingerprint density at radius 3 is 2.63 bits per heavy atom. The summed E-state index contributed by atoms with van der Waals surface area (Å²) >= 11 is 0. The molecule has 0 saturated carbocycles. The minimum Gasteiger partial charge on any atom is -0.397 e. The normalized spacial score (nSPS) is 12.9. The predicted molar refractivity (Wildman–Crippen MR) is 64.8 cm³/mol. The Morgan fingerprint density at radius 2 is 2.11 bits per heavy atom. The van der Waals surface area contributed by atoms with Gasteiger partial charge in [0.25, 0.3) is 5.91 Å². The van der Waals surface area contributed by atoms with Crippen molar-refractivity contribution in [2.75, 3.05) is 24.6 Å². The van der Waals surface area contributed by atoms with Gasteiger partial charge in [0.1, 0.15) is 0 Å². The fourth-order valence-corrected chi connectivity index (χ4v) is 1.32. The number of carbonyl (C=O) groups excluding carboxylic acids is 1. The minimum absolute atomic E-state index is 0.157. The van der Waals surface area contributed by atoms with Crippen LogP contribution < -0.4 is 16.4 Å². The SMILES string of the molecule is CNC(=O)c1ccc(N)c(NCC(O)C(F)(F)F)c1. The van der Waals surface area contributed by atoms with Gasteiger partial charge in [0.15, 0.2) is 6.10 Å². The van der Waals surface area contributed by atoms with Crippen LogP contribution in [0.1, 0.15) is 10.4 Å². The number of anilines is 2. The molecule has 0 aliphatic rings. The average molecular weight is 277 g/mol. The van der Waals surface area contributed by atoms with Gasteiger partial charge in [-0.2, -0.15) is 13.2 Å². The summed E-state index contributed by atoms with van der Waals surface area (Å²) in [6, 6.07) is 4.16. The lowest BCUT2D eigenvalue weighted by atomic mass is 10.1. The van der Waals surface area contributed by atoms with E-state index in [1.54, 1.807) is 0 Å². The monoisotopic (exact) mass is 277 g/mol. The number of alkyl halides is 3. The van der Waals surface area contributed by atoms with E-state index in [4.69, 9.17) is 10.8 Å². The van der Waals surface area contributed by atoms with Crippen molar-refractivity contribution < 1.29 is 23.1 Å². The number of benzene rings is 1. The molecule has 0 heterocycles. The van der Waals surface area contributed by atoms with Gasteiger partial charge in [-0.05, 0) is 18.2 Å². The highest BCUT2D eigenvalue weighted by molar-refractivity contribution is 5.96. The average Bonchev–Trinajstić information content (AvgIpc) is 2.35.